The van der Waals surface area contributed by atoms with Crippen LogP contribution in [-0.4, -0.2) is 148 Å². The Kier molecular flexibility index (Phi) is 8.70. The molecule has 3 rings (SSSR count). The molecular formula is C21H41N5O3. The Morgan fingerprint density at radius 1 is 0.793 bits per heavy atom. The quantitative estimate of drug-likeness (QED) is 0.560. The lowest BCUT2D eigenvalue weighted by Gasteiger charge is -2.43. The van der Waals surface area contributed by atoms with Gasteiger partial charge < -0.3 is 14.4 Å². The van der Waals surface area contributed by atoms with Crippen molar-refractivity contribution in [1.29, 1.82) is 0 Å². The van der Waals surface area contributed by atoms with E-state index in [1.807, 2.05) is 14.1 Å². The van der Waals surface area contributed by atoms with Crippen molar-refractivity contribution in [2.75, 3.05) is 99.3 Å². The van der Waals surface area contributed by atoms with Gasteiger partial charge in [0, 0.05) is 86.1 Å². The van der Waals surface area contributed by atoms with Crippen LogP contribution >= 0.6 is 0 Å². The first-order valence-corrected chi connectivity index (χ1v) is 11.3. The SMILES string of the molecule is C[C@@H]1CN(CCN2CCN(CCN3CCO[C@H](C)C3)[C@@H](C(=O)N(C)C)C2)CCO1. The van der Waals surface area contributed by atoms with Crippen LogP contribution in [0.15, 0.2) is 0 Å². The van der Waals surface area contributed by atoms with E-state index in [0.717, 1.165) is 85.2 Å². The zero-order valence-corrected chi connectivity index (χ0v) is 18.9. The largest absolute Gasteiger partial charge is 0.376 e. The molecule has 0 bridgehead atoms. The molecule has 0 saturated carbocycles. The first-order valence-electron chi connectivity index (χ1n) is 11.3. The molecule has 0 aromatic carbocycles. The summed E-state index contributed by atoms with van der Waals surface area (Å²) in [5, 5.41) is 0. The smallest absolute Gasteiger partial charge is 0.240 e. The second kappa shape index (κ2) is 11.0. The number of ether oxygens (including phenoxy) is 2. The van der Waals surface area contributed by atoms with Crippen LogP contribution in [0.25, 0.3) is 0 Å². The summed E-state index contributed by atoms with van der Waals surface area (Å²) < 4.78 is 11.3. The minimum Gasteiger partial charge on any atom is -0.376 e. The fourth-order valence-electron chi connectivity index (χ4n) is 4.62. The summed E-state index contributed by atoms with van der Waals surface area (Å²) in [6, 6.07) is -0.0409. The third-order valence-corrected chi connectivity index (χ3v) is 6.39. The van der Waals surface area contributed by atoms with Gasteiger partial charge in [-0.1, -0.05) is 0 Å². The number of likely N-dealkylation sites (N-methyl/N-ethyl adjacent to an activating group) is 1. The Labute approximate surface area is 176 Å². The van der Waals surface area contributed by atoms with E-state index in [-0.39, 0.29) is 11.9 Å². The summed E-state index contributed by atoms with van der Waals surface area (Å²) in [5.41, 5.74) is 0. The number of morpholine rings is 2. The van der Waals surface area contributed by atoms with Crippen molar-refractivity contribution in [2.24, 2.45) is 0 Å². The topological polar surface area (TPSA) is 51.7 Å². The number of amides is 1. The zero-order chi connectivity index (χ0) is 20.8. The number of hydrogen-bond acceptors (Lipinski definition) is 7. The van der Waals surface area contributed by atoms with Crippen molar-refractivity contribution in [3.8, 4) is 0 Å². The minimum absolute atomic E-state index is 0.0409. The first kappa shape index (κ1) is 22.9. The maximum atomic E-state index is 12.9. The number of carbonyl (C=O) groups is 1. The van der Waals surface area contributed by atoms with Gasteiger partial charge in [-0.05, 0) is 13.8 Å². The van der Waals surface area contributed by atoms with Gasteiger partial charge in [0.25, 0.3) is 0 Å². The van der Waals surface area contributed by atoms with E-state index in [1.54, 1.807) is 4.90 Å². The molecular weight excluding hydrogens is 370 g/mol. The summed E-state index contributed by atoms with van der Waals surface area (Å²) in [6.45, 7) is 16.8. The summed E-state index contributed by atoms with van der Waals surface area (Å²) >= 11 is 0. The molecule has 0 aromatic heterocycles. The molecule has 8 nitrogen and oxygen atoms in total. The van der Waals surface area contributed by atoms with E-state index in [0.29, 0.717) is 12.2 Å². The Balaban J connectivity index is 1.50. The van der Waals surface area contributed by atoms with E-state index in [2.05, 4.69) is 33.4 Å². The van der Waals surface area contributed by atoms with Crippen LogP contribution in [0.1, 0.15) is 13.8 Å². The Morgan fingerprint density at radius 2 is 1.31 bits per heavy atom. The second-order valence-corrected chi connectivity index (χ2v) is 9.05. The molecule has 168 valence electrons. The molecule has 0 unspecified atom stereocenters. The molecule has 3 atom stereocenters. The highest BCUT2D eigenvalue weighted by atomic mass is 16.5. The molecule has 0 N–H and O–H groups in total. The first-order chi connectivity index (χ1) is 13.9. The Morgan fingerprint density at radius 3 is 1.83 bits per heavy atom. The van der Waals surface area contributed by atoms with Gasteiger partial charge in [-0.25, -0.2) is 0 Å². The molecule has 3 fully saturated rings. The minimum atomic E-state index is -0.0409. The summed E-state index contributed by atoms with van der Waals surface area (Å²) in [7, 11) is 3.75. The summed E-state index contributed by atoms with van der Waals surface area (Å²) in [4.78, 5) is 24.5. The number of hydrogen-bond donors (Lipinski definition) is 0. The van der Waals surface area contributed by atoms with Gasteiger partial charge in [0.05, 0.1) is 25.4 Å². The molecule has 0 aliphatic carbocycles. The molecule has 0 spiro atoms. The highest BCUT2D eigenvalue weighted by Crippen LogP contribution is 2.14. The predicted molar refractivity (Wildman–Crippen MR) is 114 cm³/mol. The number of nitrogens with zero attached hydrogens (tertiary/aromatic N) is 5. The maximum Gasteiger partial charge on any atom is 0.240 e. The van der Waals surface area contributed by atoms with Gasteiger partial charge in [-0.2, -0.15) is 0 Å². The van der Waals surface area contributed by atoms with Gasteiger partial charge >= 0.3 is 0 Å². The van der Waals surface area contributed by atoms with Crippen molar-refractivity contribution in [3.05, 3.63) is 0 Å². The van der Waals surface area contributed by atoms with Crippen molar-refractivity contribution in [3.63, 3.8) is 0 Å². The monoisotopic (exact) mass is 411 g/mol. The normalized spacial score (nSPS) is 31.1. The van der Waals surface area contributed by atoms with Gasteiger partial charge in [0.1, 0.15) is 6.04 Å². The van der Waals surface area contributed by atoms with Gasteiger partial charge in [-0.3, -0.25) is 24.4 Å². The van der Waals surface area contributed by atoms with Crippen molar-refractivity contribution in [2.45, 2.75) is 32.1 Å². The van der Waals surface area contributed by atoms with Gasteiger partial charge in [0.2, 0.25) is 5.91 Å². The van der Waals surface area contributed by atoms with Gasteiger partial charge in [-0.15, -0.1) is 0 Å². The van der Waals surface area contributed by atoms with Crippen LogP contribution in [0.2, 0.25) is 0 Å². The fraction of sp³-hybridized carbons (Fsp3) is 0.952. The molecule has 3 aliphatic rings. The van der Waals surface area contributed by atoms with Gasteiger partial charge in [0.15, 0.2) is 0 Å². The number of piperazine rings is 1. The lowest BCUT2D eigenvalue weighted by Crippen LogP contribution is -2.60. The standard InChI is InChI=1S/C21H41N5O3/c1-18-15-24(11-13-28-18)6-5-23-7-9-26(20(17-23)21(27)22(3)4)10-8-25-12-14-29-19(2)16-25/h18-20H,5-17H2,1-4H3/t18-,19-,20-/m1/s1. The highest BCUT2D eigenvalue weighted by molar-refractivity contribution is 5.81. The molecule has 0 aromatic rings. The highest BCUT2D eigenvalue weighted by Gasteiger charge is 2.33. The third-order valence-electron chi connectivity index (χ3n) is 6.39. The van der Waals surface area contributed by atoms with E-state index in [9.17, 15) is 4.79 Å². The third kappa shape index (κ3) is 6.87. The van der Waals surface area contributed by atoms with E-state index < -0.39 is 0 Å². The Bertz CT molecular complexity index is 521. The maximum absolute atomic E-state index is 12.9. The van der Waals surface area contributed by atoms with Crippen LogP contribution in [-0.2, 0) is 14.3 Å². The second-order valence-electron chi connectivity index (χ2n) is 9.05. The molecule has 3 saturated heterocycles. The molecule has 3 heterocycles. The van der Waals surface area contributed by atoms with Crippen LogP contribution < -0.4 is 0 Å². The molecule has 29 heavy (non-hydrogen) atoms. The van der Waals surface area contributed by atoms with Crippen LogP contribution in [0, 0.1) is 0 Å². The Hall–Kier alpha value is -0.770. The summed E-state index contributed by atoms with van der Waals surface area (Å²) in [6.07, 6.45) is 0.634. The predicted octanol–water partition coefficient (Wildman–Crippen LogP) is -0.498. The van der Waals surface area contributed by atoms with E-state index in [1.165, 1.54) is 0 Å². The van der Waals surface area contributed by atoms with Crippen LogP contribution in [0.5, 0.6) is 0 Å². The lowest BCUT2D eigenvalue weighted by atomic mass is 10.1. The van der Waals surface area contributed by atoms with Crippen LogP contribution in [0.4, 0.5) is 0 Å². The molecule has 1 amide bonds. The van der Waals surface area contributed by atoms with E-state index in [4.69, 9.17) is 9.47 Å². The number of rotatable bonds is 7. The van der Waals surface area contributed by atoms with Crippen LogP contribution in [0.3, 0.4) is 0 Å². The van der Waals surface area contributed by atoms with E-state index >= 15 is 0 Å². The molecule has 0 radical (unpaired) electrons. The van der Waals surface area contributed by atoms with Crippen molar-refractivity contribution in [1.82, 2.24) is 24.5 Å². The molecule has 3 aliphatic heterocycles. The summed E-state index contributed by atoms with van der Waals surface area (Å²) in [5.74, 6) is 0.227. The van der Waals surface area contributed by atoms with Crippen molar-refractivity contribution >= 4 is 5.91 Å². The molecule has 8 heteroatoms. The fourth-order valence-corrected chi connectivity index (χ4v) is 4.62. The average Bonchev–Trinajstić information content (AvgIpc) is 2.70. The van der Waals surface area contributed by atoms with Crippen molar-refractivity contribution < 1.29 is 14.3 Å². The number of carbonyl (C=O) groups excluding carboxylic acids is 1. The zero-order valence-electron chi connectivity index (χ0n) is 18.9. The lowest BCUT2D eigenvalue weighted by molar-refractivity contribution is -0.137. The average molecular weight is 412 g/mol.